The zero-order valence-corrected chi connectivity index (χ0v) is 8.14. The molecule has 0 spiro atoms. The number of cyclic esters (lactones) is 1. The standard InChI is InChI=1S/C9H15ClO2/c1-2-7-6-12-9(11)8(7)4-3-5-10/h7-8H,2-6H2,1H3/t7?,8-/m0/s1. The summed E-state index contributed by atoms with van der Waals surface area (Å²) in [7, 11) is 0. The van der Waals surface area contributed by atoms with Crippen molar-refractivity contribution in [1.29, 1.82) is 0 Å². The summed E-state index contributed by atoms with van der Waals surface area (Å²) in [6.45, 7) is 2.71. The number of esters is 1. The van der Waals surface area contributed by atoms with Gasteiger partial charge < -0.3 is 4.74 Å². The maximum atomic E-state index is 11.2. The molecule has 0 aliphatic carbocycles. The third-order valence-electron chi connectivity index (χ3n) is 2.48. The summed E-state index contributed by atoms with van der Waals surface area (Å²) in [5.74, 6) is 1.17. The Hall–Kier alpha value is -0.240. The number of rotatable bonds is 4. The number of carbonyl (C=O) groups is 1. The van der Waals surface area contributed by atoms with Gasteiger partial charge >= 0.3 is 5.97 Å². The summed E-state index contributed by atoms with van der Waals surface area (Å²) in [4.78, 5) is 11.2. The SMILES string of the molecule is CCC1COC(=O)[C@H]1CCCCl. The third-order valence-corrected chi connectivity index (χ3v) is 2.75. The van der Waals surface area contributed by atoms with Gasteiger partial charge in [0.05, 0.1) is 12.5 Å². The Morgan fingerprint density at radius 3 is 3.00 bits per heavy atom. The first-order valence-electron chi connectivity index (χ1n) is 4.52. The lowest BCUT2D eigenvalue weighted by molar-refractivity contribution is -0.141. The van der Waals surface area contributed by atoms with Crippen LogP contribution in [0.5, 0.6) is 0 Å². The molecule has 0 saturated carbocycles. The average molecular weight is 191 g/mol. The zero-order chi connectivity index (χ0) is 8.97. The molecule has 1 fully saturated rings. The Kier molecular flexibility index (Phi) is 3.86. The molecule has 1 aliphatic heterocycles. The van der Waals surface area contributed by atoms with Gasteiger partial charge in [-0.1, -0.05) is 6.92 Å². The minimum Gasteiger partial charge on any atom is -0.465 e. The van der Waals surface area contributed by atoms with Crippen LogP contribution in [0.1, 0.15) is 26.2 Å². The summed E-state index contributed by atoms with van der Waals surface area (Å²) in [6, 6.07) is 0. The number of hydrogen-bond donors (Lipinski definition) is 0. The molecule has 70 valence electrons. The molecule has 0 N–H and O–H groups in total. The van der Waals surface area contributed by atoms with Crippen molar-refractivity contribution in [3.8, 4) is 0 Å². The third kappa shape index (κ3) is 2.13. The van der Waals surface area contributed by atoms with Gasteiger partial charge in [-0.2, -0.15) is 0 Å². The summed E-state index contributed by atoms with van der Waals surface area (Å²) in [5.41, 5.74) is 0. The summed E-state index contributed by atoms with van der Waals surface area (Å²) < 4.78 is 4.98. The lowest BCUT2D eigenvalue weighted by atomic mass is 9.89. The molecule has 0 radical (unpaired) electrons. The molecular formula is C9H15ClO2. The van der Waals surface area contributed by atoms with Crippen molar-refractivity contribution in [2.24, 2.45) is 11.8 Å². The van der Waals surface area contributed by atoms with Crippen molar-refractivity contribution in [1.82, 2.24) is 0 Å². The van der Waals surface area contributed by atoms with Crippen molar-refractivity contribution >= 4 is 17.6 Å². The Morgan fingerprint density at radius 1 is 1.67 bits per heavy atom. The normalized spacial score (nSPS) is 29.0. The van der Waals surface area contributed by atoms with Crippen LogP contribution in [0.2, 0.25) is 0 Å². The summed E-state index contributed by atoms with van der Waals surface area (Å²) >= 11 is 5.57. The maximum absolute atomic E-state index is 11.2. The fourth-order valence-electron chi connectivity index (χ4n) is 1.66. The highest BCUT2D eigenvalue weighted by atomic mass is 35.5. The second-order valence-electron chi connectivity index (χ2n) is 3.24. The molecule has 1 rings (SSSR count). The topological polar surface area (TPSA) is 26.3 Å². The molecule has 2 atom stereocenters. The van der Waals surface area contributed by atoms with Crippen LogP contribution in [-0.2, 0) is 9.53 Å². The van der Waals surface area contributed by atoms with E-state index in [1.165, 1.54) is 0 Å². The molecule has 0 aromatic heterocycles. The molecule has 0 aromatic rings. The molecule has 2 nitrogen and oxygen atoms in total. The van der Waals surface area contributed by atoms with Crippen LogP contribution >= 0.6 is 11.6 Å². The predicted molar refractivity (Wildman–Crippen MR) is 48.2 cm³/mol. The van der Waals surface area contributed by atoms with Crippen LogP contribution in [0.15, 0.2) is 0 Å². The van der Waals surface area contributed by atoms with Gasteiger partial charge in [0, 0.05) is 11.8 Å². The molecule has 12 heavy (non-hydrogen) atoms. The Labute approximate surface area is 78.2 Å². The van der Waals surface area contributed by atoms with E-state index in [9.17, 15) is 4.79 Å². The lowest BCUT2D eigenvalue weighted by Crippen LogP contribution is -2.15. The molecule has 0 aromatic carbocycles. The molecule has 3 heteroatoms. The van der Waals surface area contributed by atoms with E-state index in [0.29, 0.717) is 18.4 Å². The van der Waals surface area contributed by atoms with Crippen molar-refractivity contribution in [3.05, 3.63) is 0 Å². The quantitative estimate of drug-likeness (QED) is 0.502. The first kappa shape index (κ1) is 9.85. The van der Waals surface area contributed by atoms with Gasteiger partial charge in [-0.15, -0.1) is 11.6 Å². The number of alkyl halides is 1. The highest BCUT2D eigenvalue weighted by Crippen LogP contribution is 2.28. The minimum absolute atomic E-state index is 0.0213. The fraction of sp³-hybridized carbons (Fsp3) is 0.889. The molecule has 1 unspecified atom stereocenters. The van der Waals surface area contributed by atoms with E-state index >= 15 is 0 Å². The number of hydrogen-bond acceptors (Lipinski definition) is 2. The van der Waals surface area contributed by atoms with Crippen LogP contribution in [0, 0.1) is 11.8 Å². The van der Waals surface area contributed by atoms with Crippen LogP contribution in [0.3, 0.4) is 0 Å². The van der Waals surface area contributed by atoms with Gasteiger partial charge in [0.1, 0.15) is 0 Å². The van der Waals surface area contributed by atoms with Gasteiger partial charge in [-0.05, 0) is 19.3 Å². The Bertz CT molecular complexity index is 159. The number of halogens is 1. The molecule has 1 aliphatic rings. The number of carbonyl (C=O) groups excluding carboxylic acids is 1. The van der Waals surface area contributed by atoms with Crippen LogP contribution in [0.25, 0.3) is 0 Å². The molecule has 0 bridgehead atoms. The largest absolute Gasteiger partial charge is 0.465 e. The van der Waals surface area contributed by atoms with E-state index in [2.05, 4.69) is 6.92 Å². The molecule has 0 amide bonds. The first-order valence-corrected chi connectivity index (χ1v) is 5.05. The fourth-order valence-corrected chi connectivity index (χ4v) is 1.81. The van der Waals surface area contributed by atoms with Gasteiger partial charge in [-0.3, -0.25) is 4.79 Å². The predicted octanol–water partition coefficient (Wildman–Crippen LogP) is 2.20. The number of ether oxygens (including phenoxy) is 1. The van der Waals surface area contributed by atoms with Gasteiger partial charge in [-0.25, -0.2) is 0 Å². The van der Waals surface area contributed by atoms with E-state index in [1.807, 2.05) is 0 Å². The molecule has 1 heterocycles. The molecular weight excluding hydrogens is 176 g/mol. The van der Waals surface area contributed by atoms with Crippen molar-refractivity contribution in [2.45, 2.75) is 26.2 Å². The lowest BCUT2D eigenvalue weighted by Gasteiger charge is -2.11. The second kappa shape index (κ2) is 4.70. The summed E-state index contributed by atoms with van der Waals surface area (Å²) in [5, 5.41) is 0. The Morgan fingerprint density at radius 2 is 2.42 bits per heavy atom. The highest BCUT2D eigenvalue weighted by molar-refractivity contribution is 6.17. The highest BCUT2D eigenvalue weighted by Gasteiger charge is 2.34. The first-order chi connectivity index (χ1) is 5.79. The van der Waals surface area contributed by atoms with Gasteiger partial charge in [0.2, 0.25) is 0 Å². The van der Waals surface area contributed by atoms with E-state index in [-0.39, 0.29) is 11.9 Å². The van der Waals surface area contributed by atoms with Gasteiger partial charge in [0.25, 0.3) is 0 Å². The Balaban J connectivity index is 2.40. The van der Waals surface area contributed by atoms with E-state index in [1.54, 1.807) is 0 Å². The maximum Gasteiger partial charge on any atom is 0.309 e. The van der Waals surface area contributed by atoms with Crippen molar-refractivity contribution in [3.63, 3.8) is 0 Å². The monoisotopic (exact) mass is 190 g/mol. The zero-order valence-electron chi connectivity index (χ0n) is 7.38. The van der Waals surface area contributed by atoms with Crippen molar-refractivity contribution < 1.29 is 9.53 Å². The van der Waals surface area contributed by atoms with Crippen molar-refractivity contribution in [2.75, 3.05) is 12.5 Å². The van der Waals surface area contributed by atoms with E-state index in [0.717, 1.165) is 19.3 Å². The van der Waals surface area contributed by atoms with Crippen LogP contribution < -0.4 is 0 Å². The average Bonchev–Trinajstić information content (AvgIpc) is 2.43. The smallest absolute Gasteiger partial charge is 0.309 e. The second-order valence-corrected chi connectivity index (χ2v) is 3.61. The molecule has 1 saturated heterocycles. The van der Waals surface area contributed by atoms with Gasteiger partial charge in [0.15, 0.2) is 0 Å². The van der Waals surface area contributed by atoms with E-state index in [4.69, 9.17) is 16.3 Å². The van der Waals surface area contributed by atoms with Crippen LogP contribution in [-0.4, -0.2) is 18.5 Å². The van der Waals surface area contributed by atoms with E-state index < -0.39 is 0 Å². The summed E-state index contributed by atoms with van der Waals surface area (Å²) in [6.07, 6.45) is 2.83. The van der Waals surface area contributed by atoms with Crippen LogP contribution in [0.4, 0.5) is 0 Å². The minimum atomic E-state index is -0.0213.